The van der Waals surface area contributed by atoms with Gasteiger partial charge in [-0.25, -0.2) is 19.2 Å². The van der Waals surface area contributed by atoms with Crippen LogP contribution in [0.3, 0.4) is 0 Å². The molecule has 4 fully saturated rings. The molecule has 4 rings (SSSR count). The van der Waals surface area contributed by atoms with Crippen LogP contribution in [0.5, 0.6) is 0 Å². The minimum Gasteiger partial charge on any atom is -0.480 e. The molecule has 4 heterocycles. The molecule has 33 N–H and O–H groups in total. The summed E-state index contributed by atoms with van der Waals surface area (Å²) in [6.07, 6.45) is -34.5. The number of carbonyl (C=O) groups excluding carboxylic acids is 14. The number of aliphatic hydroxyl groups excluding tert-OH is 10. The fourth-order valence-corrected chi connectivity index (χ4v) is 16.0. The van der Waals surface area contributed by atoms with Gasteiger partial charge in [-0.2, -0.15) is 23.5 Å². The Morgan fingerprint density at radius 3 is 0.935 bits per heavy atom. The normalized spacial score (nSPS) is 27.5. The van der Waals surface area contributed by atoms with Gasteiger partial charge in [-0.05, 0) is 80.2 Å². The summed E-state index contributed by atoms with van der Waals surface area (Å²) in [5.41, 5.74) is 11.2. The maximum Gasteiger partial charge on any atom is 0.327 e. The van der Waals surface area contributed by atoms with Crippen molar-refractivity contribution >= 4 is 136 Å². The minimum absolute atomic E-state index is 0.0988. The quantitative estimate of drug-likeness (QED) is 0.0251. The molecule has 33 atom stereocenters. The fourth-order valence-electron chi connectivity index (χ4n) is 14.0. The summed E-state index contributed by atoms with van der Waals surface area (Å²) in [6, 6.07) is -25.6. The van der Waals surface area contributed by atoms with Gasteiger partial charge in [-0.1, -0.05) is 0 Å². The second-order valence-corrected chi connectivity index (χ2v) is 34.8. The molecule has 33 unspecified atom stereocenters. The molecular weight excluding hydrogens is 1900 g/mol. The summed E-state index contributed by atoms with van der Waals surface area (Å²) in [4.78, 5) is 249. The molecule has 4 aliphatic heterocycles. The molecular formula is C78H128N16O42S2. The average molecular weight is 2030 g/mol. The van der Waals surface area contributed by atoms with Crippen LogP contribution in [-0.4, -0.2) is 446 Å². The van der Waals surface area contributed by atoms with Crippen molar-refractivity contribution in [3.05, 3.63) is 0 Å². The van der Waals surface area contributed by atoms with E-state index in [4.69, 9.17) is 49.4 Å². The Bertz CT molecular complexity index is 4160. The van der Waals surface area contributed by atoms with Crippen LogP contribution in [0.4, 0.5) is 0 Å². The number of nitrogens with two attached hydrogens (primary N) is 2. The molecule has 4 saturated heterocycles. The van der Waals surface area contributed by atoms with Crippen molar-refractivity contribution in [3.63, 3.8) is 0 Å². The summed E-state index contributed by atoms with van der Waals surface area (Å²) < 4.78 is 46.5. The summed E-state index contributed by atoms with van der Waals surface area (Å²) in [5, 5.41) is 188. The van der Waals surface area contributed by atoms with E-state index in [-0.39, 0.29) is 19.4 Å². The highest BCUT2D eigenvalue weighted by Crippen LogP contribution is 2.34. The number of amides is 14. The van der Waals surface area contributed by atoms with Crippen LogP contribution in [0.25, 0.3) is 0 Å². The van der Waals surface area contributed by atoms with Gasteiger partial charge in [0.1, 0.15) is 176 Å². The van der Waals surface area contributed by atoms with Crippen molar-refractivity contribution < 1.29 is 206 Å². The molecule has 0 aromatic heterocycles. The van der Waals surface area contributed by atoms with Gasteiger partial charge in [0, 0.05) is 63.5 Å². The van der Waals surface area contributed by atoms with Crippen molar-refractivity contribution in [2.24, 2.45) is 11.5 Å². The van der Waals surface area contributed by atoms with E-state index < -0.39 is 389 Å². The second-order valence-electron chi connectivity index (χ2n) is 32.6. The summed E-state index contributed by atoms with van der Waals surface area (Å²) in [6.45, 7) is 7.02. The molecule has 0 spiro atoms. The van der Waals surface area contributed by atoms with Gasteiger partial charge in [0.15, 0.2) is 25.2 Å². The number of rotatable bonds is 57. The van der Waals surface area contributed by atoms with Crippen LogP contribution < -0.4 is 85.9 Å². The van der Waals surface area contributed by atoms with Crippen molar-refractivity contribution in [1.29, 1.82) is 0 Å². The summed E-state index contributed by atoms with van der Waals surface area (Å²) in [7, 11) is 0. The number of ether oxygens (including phenoxy) is 8. The third-order valence-electron chi connectivity index (χ3n) is 21.5. The molecule has 0 saturated carbocycles. The first-order valence-electron chi connectivity index (χ1n) is 43.3. The molecule has 58 nitrogen and oxygen atoms in total. The SMILES string of the molecule is CC(=O)NC1C(OC2C(CO)OC(O)C(NC(C)=O)C2OC(C)C(=O)NC(C)C(=O)NC(CCC(=O)NC(CSCC(NC(=O)C(C)NC(=O)C(CSCC(N)C(=O)O)NC(=O)CCC(NC(=O)C(C)NC(=O)C(C)OC2C(NC(C)=O)C(O)OC(CO)C2OC2OC(CO)C(O)C(O)C2NC(C)=O)C(=O)O)C(=O)O)C(=O)NC(C)C(=O)NC(CCCCN)C(=O)O)C(=O)O)OC(CO)C(O)C1O. The lowest BCUT2D eigenvalue weighted by Crippen LogP contribution is -2.70. The van der Waals surface area contributed by atoms with Crippen molar-refractivity contribution in [3.8, 4) is 0 Å². The van der Waals surface area contributed by atoms with Gasteiger partial charge in [0.2, 0.25) is 82.7 Å². The van der Waals surface area contributed by atoms with Gasteiger partial charge in [0.25, 0.3) is 0 Å². The van der Waals surface area contributed by atoms with Gasteiger partial charge < -0.3 is 200 Å². The zero-order valence-corrected chi connectivity index (χ0v) is 78.2. The van der Waals surface area contributed by atoms with Gasteiger partial charge >= 0.3 is 29.8 Å². The van der Waals surface area contributed by atoms with E-state index in [2.05, 4.69) is 74.4 Å². The molecule has 14 amide bonds. The predicted octanol–water partition coefficient (Wildman–Crippen LogP) is -15.5. The Morgan fingerprint density at radius 1 is 0.333 bits per heavy atom. The number of carboxylic acids is 5. The Balaban J connectivity index is 1.49. The van der Waals surface area contributed by atoms with Crippen LogP contribution in [0, 0.1) is 0 Å². The summed E-state index contributed by atoms with van der Waals surface area (Å²) >= 11 is 1.24. The molecule has 0 aliphatic carbocycles. The molecule has 0 bridgehead atoms. The Labute approximate surface area is 795 Å². The van der Waals surface area contributed by atoms with E-state index in [1.807, 2.05) is 0 Å². The zero-order valence-electron chi connectivity index (χ0n) is 76.6. The molecule has 0 aromatic carbocycles. The largest absolute Gasteiger partial charge is 0.480 e. The number of hydrogen-bond donors (Lipinski definition) is 31. The lowest BCUT2D eigenvalue weighted by atomic mass is 9.94. The van der Waals surface area contributed by atoms with Crippen LogP contribution >= 0.6 is 23.5 Å². The number of thioether (sulfide) groups is 2. The number of aliphatic hydroxyl groups is 10. The van der Waals surface area contributed by atoms with Crippen molar-refractivity contribution in [2.75, 3.05) is 56.0 Å². The molecule has 0 aromatic rings. The lowest BCUT2D eigenvalue weighted by Gasteiger charge is -2.48. The zero-order chi connectivity index (χ0) is 104. The highest BCUT2D eigenvalue weighted by atomic mass is 32.2. The van der Waals surface area contributed by atoms with Crippen LogP contribution in [0.15, 0.2) is 0 Å². The van der Waals surface area contributed by atoms with Gasteiger partial charge in [-0.3, -0.25) is 71.9 Å². The Hall–Kier alpha value is -10.2. The highest BCUT2D eigenvalue weighted by Gasteiger charge is 2.56. The number of unbranched alkanes of at least 4 members (excludes halogenated alkanes) is 1. The first-order valence-corrected chi connectivity index (χ1v) is 45.6. The number of nitrogens with one attached hydrogen (secondary N) is 14. The van der Waals surface area contributed by atoms with Crippen LogP contribution in [0.2, 0.25) is 0 Å². The molecule has 784 valence electrons. The van der Waals surface area contributed by atoms with E-state index in [9.17, 15) is 168 Å². The average Bonchev–Trinajstić information content (AvgIpc) is 0.775. The monoisotopic (exact) mass is 2020 g/mol. The lowest BCUT2D eigenvalue weighted by molar-refractivity contribution is -0.333. The van der Waals surface area contributed by atoms with Crippen LogP contribution in [0.1, 0.15) is 114 Å². The van der Waals surface area contributed by atoms with Crippen LogP contribution in [-0.2, 0) is 129 Å². The summed E-state index contributed by atoms with van der Waals surface area (Å²) in [5.74, 6) is -25.3. The third-order valence-corrected chi connectivity index (χ3v) is 23.8. The predicted molar refractivity (Wildman–Crippen MR) is 464 cm³/mol. The maximum absolute atomic E-state index is 14.1. The van der Waals surface area contributed by atoms with E-state index in [0.717, 1.165) is 69.2 Å². The first-order chi connectivity index (χ1) is 64.6. The van der Waals surface area contributed by atoms with E-state index in [1.165, 1.54) is 0 Å². The van der Waals surface area contributed by atoms with E-state index in [1.54, 1.807) is 0 Å². The third kappa shape index (κ3) is 37.4. The van der Waals surface area contributed by atoms with Gasteiger partial charge in [0.05, 0.1) is 26.4 Å². The molecule has 138 heavy (non-hydrogen) atoms. The first kappa shape index (κ1) is 120. The minimum atomic E-state index is -2.01. The number of hydrogen-bond acceptors (Lipinski definition) is 41. The maximum atomic E-state index is 14.1. The number of aliphatic carboxylic acids is 5. The molecule has 0 radical (unpaired) electrons. The Kier molecular flexibility index (Phi) is 50.6. The van der Waals surface area contributed by atoms with E-state index in [0.29, 0.717) is 29.9 Å². The number of carboxylic acid groups (broad SMARTS) is 5. The topological polar surface area (TPSA) is 922 Å². The van der Waals surface area contributed by atoms with Crippen molar-refractivity contribution in [2.45, 2.75) is 315 Å². The van der Waals surface area contributed by atoms with Crippen molar-refractivity contribution in [1.82, 2.24) is 74.4 Å². The highest BCUT2D eigenvalue weighted by molar-refractivity contribution is 7.99. The smallest absolute Gasteiger partial charge is 0.327 e. The standard InChI is InChI=1S/C78H128N16O42S2/c1-27(81-66(113)31(5)129-60-52(87-35(9)101)75(127)131-46(21-97)58(60)135-77-50(85-33(7)99)56(107)54(105)44(19-95)133-77)62(109)92-39(72(121)122)14-16-48(103)89-41(24-137-23-37(80)70(117)118)68(115)84-30(4)65(112)94-43(74(125)126)26-138-25-42(69(116)83-29(3)64(111)91-38(71(119)120)13-11-12-18-79)90-49(104)17-15-40(73(123)124)93-63(110)28(2)82-67(114)32(6)130-61-53(88-36(10)102)76(128)132-47(22-98)59(61)136-78-51(86-34(8)100)57(108)55(106)45(20-96)134-78/h27-32,37-47,50-61,75-78,95-98,105-108,127-128H,11-26,79-80H2,1-10H3,(H,81,113)(H,82,114)(H,83,116)(H,84,115)(H,85,99)(H,86,100)(H,87,101)(H,88,102)(H,89,103)(H,90,104)(H,91,111)(H,92,109)(H,93,110)(H,94,112)(H,117,118)(H,119,120)(H,121,122)(H,123,124)(H,125,126). The second kappa shape index (κ2) is 58.2. The van der Waals surface area contributed by atoms with Gasteiger partial charge in [-0.15, -0.1) is 0 Å². The molecule has 4 aliphatic rings. The fraction of sp³-hybridized carbons (Fsp3) is 0.756. The Morgan fingerprint density at radius 2 is 0.630 bits per heavy atom. The molecule has 60 heteroatoms. The van der Waals surface area contributed by atoms with E-state index >= 15 is 0 Å². The number of carbonyl (C=O) groups is 19.